The molecule has 2 aromatic heterocycles. The van der Waals surface area contributed by atoms with Gasteiger partial charge in [-0.05, 0) is 32.4 Å². The molecule has 0 aliphatic rings. The average molecular weight is 345 g/mol. The number of benzene rings is 1. The van der Waals surface area contributed by atoms with Gasteiger partial charge >= 0.3 is 0 Å². The fourth-order valence-corrected chi connectivity index (χ4v) is 3.71. The minimum absolute atomic E-state index is 0.0350. The highest BCUT2D eigenvalue weighted by Gasteiger charge is 2.14. The highest BCUT2D eigenvalue weighted by Crippen LogP contribution is 2.25. The minimum atomic E-state index is -0.0738. The third-order valence-corrected chi connectivity index (χ3v) is 4.90. The SMILES string of the molecule is Cc1noc(C)c1CSc1nc2ccccc2c(=O)n1CCCO. The maximum atomic E-state index is 12.7. The minimum Gasteiger partial charge on any atom is -0.396 e. The van der Waals surface area contributed by atoms with E-state index in [9.17, 15) is 4.79 Å². The molecule has 0 spiro atoms. The lowest BCUT2D eigenvalue weighted by Gasteiger charge is -2.12. The van der Waals surface area contributed by atoms with E-state index in [0.717, 1.165) is 17.0 Å². The van der Waals surface area contributed by atoms with Gasteiger partial charge in [0, 0.05) is 24.5 Å². The van der Waals surface area contributed by atoms with E-state index in [1.165, 1.54) is 11.8 Å². The summed E-state index contributed by atoms with van der Waals surface area (Å²) < 4.78 is 6.83. The molecule has 3 rings (SSSR count). The van der Waals surface area contributed by atoms with E-state index in [0.29, 0.717) is 34.8 Å². The van der Waals surface area contributed by atoms with Crippen molar-refractivity contribution in [1.82, 2.24) is 14.7 Å². The number of hydrogen-bond acceptors (Lipinski definition) is 6. The second kappa shape index (κ2) is 7.19. The van der Waals surface area contributed by atoms with E-state index in [2.05, 4.69) is 10.1 Å². The fraction of sp³-hybridized carbons (Fsp3) is 0.353. The molecule has 24 heavy (non-hydrogen) atoms. The number of aliphatic hydroxyl groups is 1. The van der Waals surface area contributed by atoms with E-state index in [-0.39, 0.29) is 12.2 Å². The zero-order valence-corrected chi connectivity index (χ0v) is 14.5. The quantitative estimate of drug-likeness (QED) is 0.546. The summed E-state index contributed by atoms with van der Waals surface area (Å²) in [4.78, 5) is 17.4. The van der Waals surface area contributed by atoms with Crippen LogP contribution >= 0.6 is 11.8 Å². The zero-order valence-electron chi connectivity index (χ0n) is 13.7. The molecule has 1 N–H and O–H groups in total. The van der Waals surface area contributed by atoms with Crippen molar-refractivity contribution in [3.63, 3.8) is 0 Å². The van der Waals surface area contributed by atoms with Gasteiger partial charge in [0.1, 0.15) is 5.76 Å². The number of aromatic nitrogens is 3. The van der Waals surface area contributed by atoms with Gasteiger partial charge in [-0.2, -0.15) is 0 Å². The predicted molar refractivity (Wildman–Crippen MR) is 93.2 cm³/mol. The second-order valence-electron chi connectivity index (χ2n) is 5.54. The lowest BCUT2D eigenvalue weighted by Crippen LogP contribution is -2.24. The number of thioether (sulfide) groups is 1. The van der Waals surface area contributed by atoms with Gasteiger partial charge in [-0.3, -0.25) is 9.36 Å². The van der Waals surface area contributed by atoms with Crippen molar-refractivity contribution < 1.29 is 9.63 Å². The van der Waals surface area contributed by atoms with Crippen LogP contribution in [0.4, 0.5) is 0 Å². The van der Waals surface area contributed by atoms with Crippen LogP contribution < -0.4 is 5.56 Å². The highest BCUT2D eigenvalue weighted by atomic mass is 32.2. The van der Waals surface area contributed by atoms with Gasteiger partial charge in [0.15, 0.2) is 5.16 Å². The molecule has 0 fully saturated rings. The van der Waals surface area contributed by atoms with Gasteiger partial charge in [-0.15, -0.1) is 0 Å². The van der Waals surface area contributed by atoms with Crippen LogP contribution in [0.1, 0.15) is 23.4 Å². The average Bonchev–Trinajstić information content (AvgIpc) is 2.91. The normalized spacial score (nSPS) is 11.3. The number of fused-ring (bicyclic) bond motifs is 1. The summed E-state index contributed by atoms with van der Waals surface area (Å²) in [6.45, 7) is 4.26. The summed E-state index contributed by atoms with van der Waals surface area (Å²) >= 11 is 1.48. The molecule has 0 saturated heterocycles. The number of aryl methyl sites for hydroxylation is 2. The number of rotatable bonds is 6. The number of aliphatic hydroxyl groups excluding tert-OH is 1. The molecule has 0 radical (unpaired) electrons. The van der Waals surface area contributed by atoms with Crippen LogP contribution in [0, 0.1) is 13.8 Å². The highest BCUT2D eigenvalue weighted by molar-refractivity contribution is 7.98. The van der Waals surface area contributed by atoms with Gasteiger partial charge in [-0.25, -0.2) is 4.98 Å². The lowest BCUT2D eigenvalue weighted by molar-refractivity contribution is 0.276. The van der Waals surface area contributed by atoms with Gasteiger partial charge < -0.3 is 9.63 Å². The van der Waals surface area contributed by atoms with Crippen molar-refractivity contribution >= 4 is 22.7 Å². The van der Waals surface area contributed by atoms with Crippen molar-refractivity contribution in [3.05, 3.63) is 51.6 Å². The Bertz CT molecular complexity index is 898. The molecule has 1 aromatic carbocycles. The molecule has 0 bridgehead atoms. The van der Waals surface area contributed by atoms with Crippen LogP contribution in [0.5, 0.6) is 0 Å². The molecule has 0 atom stereocenters. The number of para-hydroxylation sites is 1. The summed E-state index contributed by atoms with van der Waals surface area (Å²) in [6, 6.07) is 7.32. The molecule has 0 amide bonds. The first-order chi connectivity index (χ1) is 11.6. The number of hydrogen-bond donors (Lipinski definition) is 1. The first-order valence-corrected chi connectivity index (χ1v) is 8.75. The van der Waals surface area contributed by atoms with E-state index in [1.807, 2.05) is 32.0 Å². The van der Waals surface area contributed by atoms with Crippen molar-refractivity contribution in [2.24, 2.45) is 0 Å². The molecule has 3 aromatic rings. The van der Waals surface area contributed by atoms with E-state index in [4.69, 9.17) is 9.63 Å². The topological polar surface area (TPSA) is 81.2 Å². The Morgan fingerprint density at radius 1 is 1.29 bits per heavy atom. The Kier molecular flexibility index (Phi) is 5.01. The molecule has 0 saturated carbocycles. The summed E-state index contributed by atoms with van der Waals surface area (Å²) in [5, 5.41) is 14.3. The number of nitrogens with zero attached hydrogens (tertiary/aromatic N) is 3. The molecular weight excluding hydrogens is 326 g/mol. The lowest BCUT2D eigenvalue weighted by atomic mass is 10.2. The zero-order chi connectivity index (χ0) is 17.1. The third kappa shape index (κ3) is 3.22. The summed E-state index contributed by atoms with van der Waals surface area (Å²) in [7, 11) is 0. The van der Waals surface area contributed by atoms with Crippen LogP contribution in [0.3, 0.4) is 0 Å². The Morgan fingerprint density at radius 2 is 2.08 bits per heavy atom. The van der Waals surface area contributed by atoms with E-state index >= 15 is 0 Å². The Hall–Kier alpha value is -2.12. The van der Waals surface area contributed by atoms with E-state index in [1.54, 1.807) is 10.6 Å². The molecule has 0 aliphatic carbocycles. The standard InChI is InChI=1S/C17H19N3O3S/c1-11-14(12(2)23-19-11)10-24-17-18-15-7-4-3-6-13(15)16(22)20(17)8-5-9-21/h3-4,6-7,21H,5,8-10H2,1-2H3. The van der Waals surface area contributed by atoms with Crippen molar-refractivity contribution in [1.29, 1.82) is 0 Å². The maximum absolute atomic E-state index is 12.7. The predicted octanol–water partition coefficient (Wildman–Crippen LogP) is 2.68. The smallest absolute Gasteiger partial charge is 0.262 e. The largest absolute Gasteiger partial charge is 0.396 e. The van der Waals surface area contributed by atoms with Crippen molar-refractivity contribution in [2.75, 3.05) is 6.61 Å². The van der Waals surface area contributed by atoms with Crippen LogP contribution in [0.15, 0.2) is 38.7 Å². The first kappa shape index (κ1) is 16.7. The first-order valence-electron chi connectivity index (χ1n) is 7.77. The summed E-state index contributed by atoms with van der Waals surface area (Å²) in [5.74, 6) is 1.41. The van der Waals surface area contributed by atoms with Crippen molar-refractivity contribution in [2.45, 2.75) is 37.7 Å². The molecule has 0 unspecified atom stereocenters. The van der Waals surface area contributed by atoms with Gasteiger partial charge in [0.05, 0.1) is 16.6 Å². The summed E-state index contributed by atoms with van der Waals surface area (Å²) in [5.41, 5.74) is 2.49. The van der Waals surface area contributed by atoms with Crippen LogP contribution in [0.25, 0.3) is 10.9 Å². The van der Waals surface area contributed by atoms with Gasteiger partial charge in [0.25, 0.3) is 5.56 Å². The van der Waals surface area contributed by atoms with Crippen LogP contribution in [-0.2, 0) is 12.3 Å². The molecular formula is C17H19N3O3S. The third-order valence-electron chi connectivity index (χ3n) is 3.89. The summed E-state index contributed by atoms with van der Waals surface area (Å²) in [6.07, 6.45) is 0.513. The fourth-order valence-electron chi connectivity index (χ4n) is 2.53. The van der Waals surface area contributed by atoms with Crippen LogP contribution in [-0.4, -0.2) is 26.4 Å². The van der Waals surface area contributed by atoms with Gasteiger partial charge in [0.2, 0.25) is 0 Å². The Morgan fingerprint density at radius 3 is 2.79 bits per heavy atom. The molecule has 7 heteroatoms. The van der Waals surface area contributed by atoms with Gasteiger partial charge in [-0.1, -0.05) is 29.1 Å². The Balaban J connectivity index is 2.00. The molecule has 0 aliphatic heterocycles. The monoisotopic (exact) mass is 345 g/mol. The van der Waals surface area contributed by atoms with Crippen LogP contribution in [0.2, 0.25) is 0 Å². The second-order valence-corrected chi connectivity index (χ2v) is 6.48. The molecule has 6 nitrogen and oxygen atoms in total. The maximum Gasteiger partial charge on any atom is 0.262 e. The van der Waals surface area contributed by atoms with E-state index < -0.39 is 0 Å². The van der Waals surface area contributed by atoms with Crippen molar-refractivity contribution in [3.8, 4) is 0 Å². The Labute approximate surface area is 143 Å². The molecule has 126 valence electrons. The molecule has 2 heterocycles.